The lowest BCUT2D eigenvalue weighted by molar-refractivity contribution is 0.449. The molecule has 1 aliphatic rings. The van der Waals surface area contributed by atoms with Crippen LogP contribution in [0.25, 0.3) is 0 Å². The Balaban J connectivity index is 2.06. The fraction of sp³-hybridized carbons (Fsp3) is 0.727. The number of thiazole rings is 1. The van der Waals surface area contributed by atoms with Crippen molar-refractivity contribution in [3.8, 4) is 0 Å². The quantitative estimate of drug-likeness (QED) is 0.829. The summed E-state index contributed by atoms with van der Waals surface area (Å²) in [5.41, 5.74) is 3.57. The van der Waals surface area contributed by atoms with Crippen LogP contribution < -0.4 is 5.32 Å². The highest BCUT2D eigenvalue weighted by Crippen LogP contribution is 2.40. The number of hydrogen-bond donors (Lipinski definition) is 1. The van der Waals surface area contributed by atoms with E-state index in [1.807, 2.05) is 5.51 Å². The first-order valence-electron chi connectivity index (χ1n) is 5.36. The highest BCUT2D eigenvalue weighted by molar-refractivity contribution is 7.07. The van der Waals surface area contributed by atoms with Crippen molar-refractivity contribution in [2.24, 2.45) is 0 Å². The molecule has 0 saturated heterocycles. The van der Waals surface area contributed by atoms with Crippen LogP contribution in [0.5, 0.6) is 0 Å². The molecule has 0 spiro atoms. The fourth-order valence-electron chi connectivity index (χ4n) is 2.45. The Morgan fingerprint density at radius 2 is 2.57 bits per heavy atom. The molecule has 2 unspecified atom stereocenters. The van der Waals surface area contributed by atoms with Gasteiger partial charge in [0.1, 0.15) is 0 Å². The largest absolute Gasteiger partial charge is 0.314 e. The molecule has 14 heavy (non-hydrogen) atoms. The van der Waals surface area contributed by atoms with E-state index in [1.165, 1.54) is 25.0 Å². The van der Waals surface area contributed by atoms with E-state index >= 15 is 0 Å². The average Bonchev–Trinajstić information content (AvgIpc) is 2.75. The first-order valence-corrected chi connectivity index (χ1v) is 6.31. The molecule has 2 nitrogen and oxygen atoms in total. The first kappa shape index (κ1) is 10.1. The zero-order valence-corrected chi connectivity index (χ0v) is 9.73. The van der Waals surface area contributed by atoms with Crippen molar-refractivity contribution in [3.05, 3.63) is 16.6 Å². The van der Waals surface area contributed by atoms with Gasteiger partial charge in [-0.1, -0.05) is 13.8 Å². The number of aromatic nitrogens is 1. The SMILES string of the molecule is CCNC1CCC(C)(c2cscn2)C1. The summed E-state index contributed by atoms with van der Waals surface area (Å²) < 4.78 is 0. The van der Waals surface area contributed by atoms with E-state index in [0.29, 0.717) is 11.5 Å². The zero-order chi connectivity index (χ0) is 10.0. The van der Waals surface area contributed by atoms with Crippen LogP contribution in [0, 0.1) is 0 Å². The molecular formula is C11H18N2S. The van der Waals surface area contributed by atoms with Gasteiger partial charge in [-0.15, -0.1) is 11.3 Å². The molecular weight excluding hydrogens is 192 g/mol. The van der Waals surface area contributed by atoms with E-state index in [9.17, 15) is 0 Å². The Morgan fingerprint density at radius 1 is 1.71 bits per heavy atom. The average molecular weight is 210 g/mol. The topological polar surface area (TPSA) is 24.9 Å². The van der Waals surface area contributed by atoms with Crippen LogP contribution in [0.3, 0.4) is 0 Å². The molecule has 2 rings (SSSR count). The molecule has 1 saturated carbocycles. The lowest BCUT2D eigenvalue weighted by Gasteiger charge is -2.21. The molecule has 1 heterocycles. The van der Waals surface area contributed by atoms with Gasteiger partial charge in [0.25, 0.3) is 0 Å². The fourth-order valence-corrected chi connectivity index (χ4v) is 3.16. The molecule has 1 aromatic heterocycles. The van der Waals surface area contributed by atoms with Gasteiger partial charge in [0.2, 0.25) is 0 Å². The van der Waals surface area contributed by atoms with Crippen molar-refractivity contribution in [1.29, 1.82) is 0 Å². The third-order valence-corrected chi connectivity index (χ3v) is 3.87. The first-order chi connectivity index (χ1) is 6.74. The van der Waals surface area contributed by atoms with Crippen molar-refractivity contribution >= 4 is 11.3 Å². The van der Waals surface area contributed by atoms with E-state index < -0.39 is 0 Å². The van der Waals surface area contributed by atoms with Crippen molar-refractivity contribution in [3.63, 3.8) is 0 Å². The third kappa shape index (κ3) is 1.84. The van der Waals surface area contributed by atoms with Gasteiger partial charge in [0, 0.05) is 16.8 Å². The molecule has 0 bridgehead atoms. The number of nitrogens with zero attached hydrogens (tertiary/aromatic N) is 1. The second-order valence-electron chi connectivity index (χ2n) is 4.43. The zero-order valence-electron chi connectivity index (χ0n) is 8.92. The number of nitrogens with one attached hydrogen (secondary N) is 1. The van der Waals surface area contributed by atoms with Gasteiger partial charge in [0.05, 0.1) is 11.2 Å². The molecule has 0 aromatic carbocycles. The lowest BCUT2D eigenvalue weighted by atomic mass is 9.85. The van der Waals surface area contributed by atoms with Crippen molar-refractivity contribution < 1.29 is 0 Å². The van der Waals surface area contributed by atoms with Crippen molar-refractivity contribution in [2.75, 3.05) is 6.54 Å². The smallest absolute Gasteiger partial charge is 0.0794 e. The maximum absolute atomic E-state index is 4.46. The minimum Gasteiger partial charge on any atom is -0.314 e. The Bertz CT molecular complexity index is 283. The van der Waals surface area contributed by atoms with Crippen molar-refractivity contribution in [1.82, 2.24) is 10.3 Å². The van der Waals surface area contributed by atoms with Gasteiger partial charge >= 0.3 is 0 Å². The predicted molar refractivity (Wildman–Crippen MR) is 60.8 cm³/mol. The van der Waals surface area contributed by atoms with Crippen LogP contribution in [-0.2, 0) is 5.41 Å². The van der Waals surface area contributed by atoms with Crippen LogP contribution in [0.2, 0.25) is 0 Å². The second kappa shape index (κ2) is 3.99. The standard InChI is InChI=1S/C11H18N2S/c1-3-12-9-4-5-11(2,6-9)10-7-14-8-13-10/h7-9,12H,3-6H2,1-2H3. The van der Waals surface area contributed by atoms with Gasteiger partial charge in [0.15, 0.2) is 0 Å². The van der Waals surface area contributed by atoms with Gasteiger partial charge in [-0.2, -0.15) is 0 Å². The van der Waals surface area contributed by atoms with E-state index in [4.69, 9.17) is 0 Å². The molecule has 1 N–H and O–H groups in total. The van der Waals surface area contributed by atoms with Gasteiger partial charge in [-0.05, 0) is 25.8 Å². The van der Waals surface area contributed by atoms with E-state index in [1.54, 1.807) is 11.3 Å². The van der Waals surface area contributed by atoms with E-state index in [2.05, 4.69) is 29.5 Å². The molecule has 1 aromatic rings. The summed E-state index contributed by atoms with van der Waals surface area (Å²) in [6, 6.07) is 0.701. The number of hydrogen-bond acceptors (Lipinski definition) is 3. The van der Waals surface area contributed by atoms with Gasteiger partial charge in [-0.3, -0.25) is 0 Å². The molecule has 0 aliphatic heterocycles. The Labute approximate surface area is 89.8 Å². The summed E-state index contributed by atoms with van der Waals surface area (Å²) in [6.07, 6.45) is 3.81. The van der Waals surface area contributed by atoms with Gasteiger partial charge < -0.3 is 5.32 Å². The Morgan fingerprint density at radius 3 is 3.21 bits per heavy atom. The molecule has 0 radical (unpaired) electrons. The van der Waals surface area contributed by atoms with Gasteiger partial charge in [-0.25, -0.2) is 4.98 Å². The molecule has 1 aliphatic carbocycles. The van der Waals surface area contributed by atoms with E-state index in [-0.39, 0.29) is 0 Å². The van der Waals surface area contributed by atoms with Crippen LogP contribution in [0.1, 0.15) is 38.8 Å². The predicted octanol–water partition coefficient (Wildman–Crippen LogP) is 2.56. The van der Waals surface area contributed by atoms with Crippen LogP contribution >= 0.6 is 11.3 Å². The number of rotatable bonds is 3. The summed E-state index contributed by atoms with van der Waals surface area (Å²) in [7, 11) is 0. The lowest BCUT2D eigenvalue weighted by Crippen LogP contribution is -2.28. The summed E-state index contributed by atoms with van der Waals surface area (Å²) in [4.78, 5) is 4.46. The van der Waals surface area contributed by atoms with E-state index in [0.717, 1.165) is 6.54 Å². The summed E-state index contributed by atoms with van der Waals surface area (Å²) >= 11 is 1.71. The summed E-state index contributed by atoms with van der Waals surface area (Å²) in [6.45, 7) is 5.61. The molecule has 2 atom stereocenters. The second-order valence-corrected chi connectivity index (χ2v) is 5.15. The van der Waals surface area contributed by atoms with Crippen LogP contribution in [0.15, 0.2) is 10.9 Å². The van der Waals surface area contributed by atoms with Crippen molar-refractivity contribution in [2.45, 2.75) is 44.6 Å². The normalized spacial score (nSPS) is 32.3. The Kier molecular flexibility index (Phi) is 2.88. The Hall–Kier alpha value is -0.410. The molecule has 0 amide bonds. The van der Waals surface area contributed by atoms with Crippen LogP contribution in [0.4, 0.5) is 0 Å². The summed E-state index contributed by atoms with van der Waals surface area (Å²) in [5.74, 6) is 0. The maximum atomic E-state index is 4.46. The highest BCUT2D eigenvalue weighted by atomic mass is 32.1. The molecule has 3 heteroatoms. The minimum atomic E-state index is 0.326. The highest BCUT2D eigenvalue weighted by Gasteiger charge is 2.37. The summed E-state index contributed by atoms with van der Waals surface area (Å²) in [5, 5.41) is 5.74. The maximum Gasteiger partial charge on any atom is 0.0794 e. The minimum absolute atomic E-state index is 0.326. The monoisotopic (exact) mass is 210 g/mol. The van der Waals surface area contributed by atoms with Crippen LogP contribution in [-0.4, -0.2) is 17.6 Å². The molecule has 1 fully saturated rings. The molecule has 78 valence electrons. The third-order valence-electron chi connectivity index (χ3n) is 3.28.